The number of anilines is 1. The molecule has 0 aliphatic rings. The smallest absolute Gasteiger partial charge is 0.377 e. The SMILES string of the molecule is COC(=O)c1ccc(N)c(-n2cnc(C(=O)OC)n2)n1. The average molecular weight is 277 g/mol. The normalized spacial score (nSPS) is 10.1. The Morgan fingerprint density at radius 2 is 1.90 bits per heavy atom. The molecule has 0 saturated carbocycles. The lowest BCUT2D eigenvalue weighted by Gasteiger charge is -2.05. The fraction of sp³-hybridized carbons (Fsp3) is 0.182. The van der Waals surface area contributed by atoms with Gasteiger partial charge in [-0.1, -0.05) is 0 Å². The van der Waals surface area contributed by atoms with Gasteiger partial charge in [-0.05, 0) is 12.1 Å². The quantitative estimate of drug-likeness (QED) is 0.766. The molecule has 9 heteroatoms. The number of aromatic nitrogens is 4. The number of carbonyl (C=O) groups excluding carboxylic acids is 2. The molecule has 0 radical (unpaired) electrons. The predicted molar refractivity (Wildman–Crippen MR) is 66.2 cm³/mol. The Labute approximate surface area is 113 Å². The van der Waals surface area contributed by atoms with E-state index in [1.807, 2.05) is 0 Å². The van der Waals surface area contributed by atoms with Crippen molar-refractivity contribution in [1.82, 2.24) is 19.7 Å². The summed E-state index contributed by atoms with van der Waals surface area (Å²) < 4.78 is 10.2. The van der Waals surface area contributed by atoms with Crippen LogP contribution in [0.1, 0.15) is 21.1 Å². The Balaban J connectivity index is 2.44. The van der Waals surface area contributed by atoms with Gasteiger partial charge in [0.1, 0.15) is 6.33 Å². The highest BCUT2D eigenvalue weighted by Crippen LogP contribution is 2.14. The summed E-state index contributed by atoms with van der Waals surface area (Å²) in [6.07, 6.45) is 1.24. The van der Waals surface area contributed by atoms with E-state index in [2.05, 4.69) is 24.5 Å². The average Bonchev–Trinajstić information content (AvgIpc) is 2.95. The van der Waals surface area contributed by atoms with E-state index < -0.39 is 11.9 Å². The molecular formula is C11H11N5O4. The molecule has 0 aromatic carbocycles. The second kappa shape index (κ2) is 5.34. The molecular weight excluding hydrogens is 266 g/mol. The second-order valence-corrected chi connectivity index (χ2v) is 3.61. The van der Waals surface area contributed by atoms with Crippen LogP contribution in [0.3, 0.4) is 0 Å². The van der Waals surface area contributed by atoms with E-state index in [0.717, 1.165) is 0 Å². The highest BCUT2D eigenvalue weighted by Gasteiger charge is 2.16. The largest absolute Gasteiger partial charge is 0.464 e. The maximum Gasteiger partial charge on any atom is 0.377 e. The van der Waals surface area contributed by atoms with Gasteiger partial charge in [0.25, 0.3) is 5.82 Å². The number of nitrogens with zero attached hydrogens (tertiary/aromatic N) is 4. The van der Waals surface area contributed by atoms with Crippen molar-refractivity contribution in [3.05, 3.63) is 30.0 Å². The van der Waals surface area contributed by atoms with Crippen LogP contribution < -0.4 is 5.73 Å². The molecule has 20 heavy (non-hydrogen) atoms. The van der Waals surface area contributed by atoms with Gasteiger partial charge in [0, 0.05) is 0 Å². The number of methoxy groups -OCH3 is 2. The van der Waals surface area contributed by atoms with E-state index in [9.17, 15) is 9.59 Å². The Morgan fingerprint density at radius 3 is 2.55 bits per heavy atom. The molecule has 0 bridgehead atoms. The highest BCUT2D eigenvalue weighted by molar-refractivity contribution is 5.88. The minimum Gasteiger partial charge on any atom is -0.464 e. The van der Waals surface area contributed by atoms with Gasteiger partial charge in [0.15, 0.2) is 11.5 Å². The van der Waals surface area contributed by atoms with Crippen molar-refractivity contribution in [1.29, 1.82) is 0 Å². The van der Waals surface area contributed by atoms with Crippen LogP contribution in [0.2, 0.25) is 0 Å². The summed E-state index contributed by atoms with van der Waals surface area (Å²) in [4.78, 5) is 30.5. The zero-order valence-electron chi connectivity index (χ0n) is 10.7. The lowest BCUT2D eigenvalue weighted by Crippen LogP contribution is -2.11. The molecule has 0 unspecified atom stereocenters. The highest BCUT2D eigenvalue weighted by atomic mass is 16.5. The van der Waals surface area contributed by atoms with Crippen LogP contribution in [0.4, 0.5) is 5.69 Å². The van der Waals surface area contributed by atoms with Crippen LogP contribution in [0.15, 0.2) is 18.5 Å². The van der Waals surface area contributed by atoms with Crippen LogP contribution >= 0.6 is 0 Å². The molecule has 0 amide bonds. The zero-order valence-corrected chi connectivity index (χ0v) is 10.7. The third-order valence-electron chi connectivity index (χ3n) is 2.38. The number of nitrogen functional groups attached to an aromatic ring is 1. The van der Waals surface area contributed by atoms with E-state index in [4.69, 9.17) is 5.73 Å². The number of pyridine rings is 1. The van der Waals surface area contributed by atoms with Gasteiger partial charge in [0.2, 0.25) is 0 Å². The van der Waals surface area contributed by atoms with Crippen molar-refractivity contribution >= 4 is 17.6 Å². The molecule has 9 nitrogen and oxygen atoms in total. The molecule has 0 fully saturated rings. The predicted octanol–water partition coefficient (Wildman–Crippen LogP) is -0.182. The summed E-state index contributed by atoms with van der Waals surface area (Å²) in [7, 11) is 2.46. The molecule has 0 aliphatic carbocycles. The van der Waals surface area contributed by atoms with Crippen molar-refractivity contribution in [3.8, 4) is 5.82 Å². The standard InChI is InChI=1S/C11H11N5O4/c1-19-10(17)7-4-3-6(12)9(14-7)16-5-13-8(15-16)11(18)20-2/h3-5H,12H2,1-2H3. The molecule has 0 saturated heterocycles. The van der Waals surface area contributed by atoms with Crippen molar-refractivity contribution in [2.45, 2.75) is 0 Å². The Hall–Kier alpha value is -2.97. The van der Waals surface area contributed by atoms with E-state index >= 15 is 0 Å². The number of carbonyl (C=O) groups is 2. The monoisotopic (exact) mass is 277 g/mol. The number of nitrogens with two attached hydrogens (primary N) is 1. The van der Waals surface area contributed by atoms with Gasteiger partial charge in [-0.25, -0.2) is 19.6 Å². The summed E-state index contributed by atoms with van der Waals surface area (Å²) in [5.74, 6) is -1.28. The maximum absolute atomic E-state index is 11.4. The Morgan fingerprint density at radius 1 is 1.20 bits per heavy atom. The number of hydrogen-bond acceptors (Lipinski definition) is 8. The van der Waals surface area contributed by atoms with Gasteiger partial charge >= 0.3 is 11.9 Å². The Kier molecular flexibility index (Phi) is 3.60. The first-order valence-corrected chi connectivity index (χ1v) is 5.42. The summed E-state index contributed by atoms with van der Waals surface area (Å²) in [6, 6.07) is 2.90. The maximum atomic E-state index is 11.4. The fourth-order valence-corrected chi connectivity index (χ4v) is 1.41. The van der Waals surface area contributed by atoms with Gasteiger partial charge < -0.3 is 15.2 Å². The minimum atomic E-state index is -0.688. The molecule has 0 atom stereocenters. The van der Waals surface area contributed by atoms with Crippen molar-refractivity contribution in [2.24, 2.45) is 0 Å². The van der Waals surface area contributed by atoms with Crippen LogP contribution in [-0.2, 0) is 9.47 Å². The van der Waals surface area contributed by atoms with E-state index in [0.29, 0.717) is 0 Å². The topological polar surface area (TPSA) is 122 Å². The lowest BCUT2D eigenvalue weighted by molar-refractivity contribution is 0.0580. The molecule has 104 valence electrons. The first kappa shape index (κ1) is 13.5. The molecule has 2 aromatic heterocycles. The van der Waals surface area contributed by atoms with Crippen LogP contribution in [0.5, 0.6) is 0 Å². The number of esters is 2. The lowest BCUT2D eigenvalue weighted by atomic mass is 10.3. The van der Waals surface area contributed by atoms with Gasteiger partial charge in [0.05, 0.1) is 19.9 Å². The second-order valence-electron chi connectivity index (χ2n) is 3.61. The fourth-order valence-electron chi connectivity index (χ4n) is 1.41. The number of ether oxygens (including phenoxy) is 2. The Bertz CT molecular complexity index is 667. The molecule has 2 heterocycles. The molecule has 2 aromatic rings. The summed E-state index contributed by atoms with van der Waals surface area (Å²) in [5, 5.41) is 3.87. The summed E-state index contributed by atoms with van der Waals surface area (Å²) in [6.45, 7) is 0. The third kappa shape index (κ3) is 2.41. The number of hydrogen-bond donors (Lipinski definition) is 1. The van der Waals surface area contributed by atoms with Crippen LogP contribution in [0, 0.1) is 0 Å². The van der Waals surface area contributed by atoms with Gasteiger partial charge in [-0.2, -0.15) is 4.68 Å². The van der Waals surface area contributed by atoms with Crippen molar-refractivity contribution in [3.63, 3.8) is 0 Å². The number of rotatable bonds is 3. The third-order valence-corrected chi connectivity index (χ3v) is 2.38. The molecule has 2 N–H and O–H groups in total. The summed E-state index contributed by atoms with van der Waals surface area (Å²) >= 11 is 0. The first-order valence-electron chi connectivity index (χ1n) is 5.42. The van der Waals surface area contributed by atoms with E-state index in [-0.39, 0.29) is 23.0 Å². The van der Waals surface area contributed by atoms with Crippen LogP contribution in [-0.4, -0.2) is 45.9 Å². The molecule has 2 rings (SSSR count). The van der Waals surface area contributed by atoms with Gasteiger partial charge in [-0.3, -0.25) is 0 Å². The molecule has 0 aliphatic heterocycles. The summed E-state index contributed by atoms with van der Waals surface area (Å²) in [5.41, 5.74) is 6.09. The minimum absolute atomic E-state index is 0.0619. The van der Waals surface area contributed by atoms with E-state index in [1.54, 1.807) is 0 Å². The first-order chi connectivity index (χ1) is 9.56. The van der Waals surface area contributed by atoms with E-state index in [1.165, 1.54) is 37.4 Å². The van der Waals surface area contributed by atoms with Crippen molar-refractivity contribution in [2.75, 3.05) is 20.0 Å². The molecule has 0 spiro atoms. The van der Waals surface area contributed by atoms with Gasteiger partial charge in [-0.15, -0.1) is 5.10 Å². The van der Waals surface area contributed by atoms with Crippen LogP contribution in [0.25, 0.3) is 5.82 Å². The van der Waals surface area contributed by atoms with Crippen molar-refractivity contribution < 1.29 is 19.1 Å². The zero-order chi connectivity index (χ0) is 14.7.